The van der Waals surface area contributed by atoms with Gasteiger partial charge in [-0.05, 0) is 43.4 Å². The van der Waals surface area contributed by atoms with Crippen molar-refractivity contribution in [2.75, 3.05) is 25.1 Å². The summed E-state index contributed by atoms with van der Waals surface area (Å²) in [6, 6.07) is 8.06. The minimum Gasteiger partial charge on any atom is -0.382 e. The fourth-order valence-electron chi connectivity index (χ4n) is 1.70. The van der Waals surface area contributed by atoms with E-state index in [-0.39, 0.29) is 0 Å². The Labute approximate surface area is 102 Å². The van der Waals surface area contributed by atoms with Crippen LogP contribution in [0.2, 0.25) is 0 Å². The van der Waals surface area contributed by atoms with Gasteiger partial charge < -0.3 is 10.1 Å². The van der Waals surface area contributed by atoms with Crippen molar-refractivity contribution >= 4 is 5.69 Å². The number of nitriles is 1. The Bertz CT molecular complexity index is 419. The van der Waals surface area contributed by atoms with E-state index in [9.17, 15) is 0 Å². The van der Waals surface area contributed by atoms with Gasteiger partial charge in [0.2, 0.25) is 0 Å². The number of hydrogen-bond donors (Lipinski definition) is 1. The molecule has 1 N–H and O–H groups in total. The summed E-state index contributed by atoms with van der Waals surface area (Å²) in [6.45, 7) is 4.34. The smallest absolute Gasteiger partial charge is 0.101 e. The van der Waals surface area contributed by atoms with Crippen molar-refractivity contribution in [3.05, 3.63) is 29.3 Å². The summed E-state index contributed by atoms with van der Waals surface area (Å²) >= 11 is 0. The van der Waals surface area contributed by atoms with E-state index >= 15 is 0 Å². The summed E-state index contributed by atoms with van der Waals surface area (Å²) in [5.41, 5.74) is 2.71. The number of hydrogen-bond acceptors (Lipinski definition) is 3. The second kappa shape index (κ2) is 5.70. The molecule has 3 heteroatoms. The van der Waals surface area contributed by atoms with E-state index in [0.717, 1.165) is 30.3 Å². The molecule has 1 aromatic rings. The molecule has 1 aliphatic rings. The molecule has 2 rings (SSSR count). The molecule has 1 saturated carbocycles. The minimum atomic E-state index is 0.701. The lowest BCUT2D eigenvalue weighted by atomic mass is 10.1. The second-order valence-electron chi connectivity index (χ2n) is 4.61. The molecule has 0 aromatic heterocycles. The van der Waals surface area contributed by atoms with Gasteiger partial charge in [-0.1, -0.05) is 6.07 Å². The molecule has 0 aliphatic heterocycles. The van der Waals surface area contributed by atoms with Crippen molar-refractivity contribution < 1.29 is 4.74 Å². The first-order valence-electron chi connectivity index (χ1n) is 6.12. The van der Waals surface area contributed by atoms with Gasteiger partial charge in [-0.3, -0.25) is 0 Å². The first-order valence-corrected chi connectivity index (χ1v) is 6.12. The zero-order valence-electron chi connectivity index (χ0n) is 10.2. The first kappa shape index (κ1) is 11.9. The highest BCUT2D eigenvalue weighted by atomic mass is 16.5. The molecule has 0 atom stereocenters. The van der Waals surface area contributed by atoms with E-state index in [1.54, 1.807) is 0 Å². The number of ether oxygens (including phenoxy) is 1. The third-order valence-electron chi connectivity index (χ3n) is 2.91. The van der Waals surface area contributed by atoms with Gasteiger partial charge >= 0.3 is 0 Å². The molecule has 90 valence electrons. The normalized spacial score (nSPS) is 14.4. The summed E-state index contributed by atoms with van der Waals surface area (Å²) in [5, 5.41) is 12.2. The number of anilines is 1. The number of rotatable bonds is 6. The highest BCUT2D eigenvalue weighted by Crippen LogP contribution is 2.28. The van der Waals surface area contributed by atoms with Crippen LogP contribution in [0.25, 0.3) is 0 Å². The standard InChI is InChI=1S/C14H18N2O/c1-11-2-5-14(13(8-11)9-15)16-6-7-17-10-12-3-4-12/h2,5,8,12,16H,3-4,6-7,10H2,1H3. The molecule has 3 nitrogen and oxygen atoms in total. The van der Waals surface area contributed by atoms with Crippen LogP contribution in [0.3, 0.4) is 0 Å². The molecule has 0 bridgehead atoms. The van der Waals surface area contributed by atoms with E-state index in [1.165, 1.54) is 12.8 Å². The summed E-state index contributed by atoms with van der Waals surface area (Å²) in [5.74, 6) is 0.809. The van der Waals surface area contributed by atoms with Crippen LogP contribution in [0.4, 0.5) is 5.69 Å². The fraction of sp³-hybridized carbons (Fsp3) is 0.500. The van der Waals surface area contributed by atoms with Gasteiger partial charge in [-0.25, -0.2) is 0 Å². The van der Waals surface area contributed by atoms with Gasteiger partial charge in [0.1, 0.15) is 6.07 Å². The third kappa shape index (κ3) is 3.76. The van der Waals surface area contributed by atoms with Crippen molar-refractivity contribution in [2.45, 2.75) is 19.8 Å². The Balaban J connectivity index is 1.75. The van der Waals surface area contributed by atoms with Crippen LogP contribution >= 0.6 is 0 Å². The fourth-order valence-corrected chi connectivity index (χ4v) is 1.70. The van der Waals surface area contributed by atoms with Crippen LogP contribution in [0.5, 0.6) is 0 Å². The molecule has 17 heavy (non-hydrogen) atoms. The lowest BCUT2D eigenvalue weighted by Gasteiger charge is -2.09. The molecule has 1 aliphatic carbocycles. The molecule has 0 radical (unpaired) electrons. The average Bonchev–Trinajstić information content (AvgIpc) is 3.14. The Morgan fingerprint density at radius 2 is 2.29 bits per heavy atom. The summed E-state index contributed by atoms with van der Waals surface area (Å²) in [7, 11) is 0. The van der Waals surface area contributed by atoms with Gasteiger partial charge in [0, 0.05) is 13.2 Å². The average molecular weight is 230 g/mol. The van der Waals surface area contributed by atoms with Crippen LogP contribution in [0.1, 0.15) is 24.0 Å². The molecule has 0 saturated heterocycles. The Kier molecular flexibility index (Phi) is 4.00. The van der Waals surface area contributed by atoms with Crippen LogP contribution < -0.4 is 5.32 Å². The van der Waals surface area contributed by atoms with Crippen molar-refractivity contribution in [1.82, 2.24) is 0 Å². The van der Waals surface area contributed by atoms with E-state index in [0.29, 0.717) is 12.2 Å². The van der Waals surface area contributed by atoms with Crippen LogP contribution in [-0.2, 0) is 4.74 Å². The lowest BCUT2D eigenvalue weighted by molar-refractivity contribution is 0.134. The molecular formula is C14H18N2O. The number of nitrogens with zero attached hydrogens (tertiary/aromatic N) is 1. The monoisotopic (exact) mass is 230 g/mol. The SMILES string of the molecule is Cc1ccc(NCCOCC2CC2)c(C#N)c1. The maximum absolute atomic E-state index is 9.01. The lowest BCUT2D eigenvalue weighted by Crippen LogP contribution is -2.11. The van der Waals surface area contributed by atoms with E-state index in [1.807, 2.05) is 25.1 Å². The van der Waals surface area contributed by atoms with Gasteiger partial charge in [0.15, 0.2) is 0 Å². The predicted molar refractivity (Wildman–Crippen MR) is 67.9 cm³/mol. The van der Waals surface area contributed by atoms with Gasteiger partial charge in [-0.2, -0.15) is 5.26 Å². The first-order chi connectivity index (χ1) is 8.29. The quantitative estimate of drug-likeness (QED) is 0.764. The molecule has 0 spiro atoms. The van der Waals surface area contributed by atoms with Gasteiger partial charge in [0.25, 0.3) is 0 Å². The molecule has 0 heterocycles. The van der Waals surface area contributed by atoms with Crippen molar-refractivity contribution in [3.8, 4) is 6.07 Å². The molecule has 0 amide bonds. The van der Waals surface area contributed by atoms with E-state index < -0.39 is 0 Å². The van der Waals surface area contributed by atoms with Gasteiger partial charge in [-0.15, -0.1) is 0 Å². The summed E-state index contributed by atoms with van der Waals surface area (Å²) < 4.78 is 5.53. The Morgan fingerprint density at radius 1 is 1.47 bits per heavy atom. The van der Waals surface area contributed by atoms with Crippen molar-refractivity contribution in [1.29, 1.82) is 5.26 Å². The van der Waals surface area contributed by atoms with E-state index in [4.69, 9.17) is 10.00 Å². The van der Waals surface area contributed by atoms with Crippen LogP contribution in [0.15, 0.2) is 18.2 Å². The molecular weight excluding hydrogens is 212 g/mol. The van der Waals surface area contributed by atoms with Crippen LogP contribution in [0, 0.1) is 24.2 Å². The minimum absolute atomic E-state index is 0.701. The summed E-state index contributed by atoms with van der Waals surface area (Å²) in [6.07, 6.45) is 2.65. The predicted octanol–water partition coefficient (Wildman–Crippen LogP) is 2.71. The maximum atomic E-state index is 9.01. The number of aryl methyl sites for hydroxylation is 1. The largest absolute Gasteiger partial charge is 0.382 e. The summed E-state index contributed by atoms with van der Waals surface area (Å²) in [4.78, 5) is 0. The third-order valence-corrected chi connectivity index (χ3v) is 2.91. The highest BCUT2D eigenvalue weighted by Gasteiger charge is 2.20. The number of nitrogens with one attached hydrogen (secondary N) is 1. The van der Waals surface area contributed by atoms with Crippen molar-refractivity contribution in [2.24, 2.45) is 5.92 Å². The second-order valence-corrected chi connectivity index (χ2v) is 4.61. The molecule has 0 unspecified atom stereocenters. The topological polar surface area (TPSA) is 45.0 Å². The zero-order chi connectivity index (χ0) is 12.1. The van der Waals surface area contributed by atoms with Crippen molar-refractivity contribution in [3.63, 3.8) is 0 Å². The maximum Gasteiger partial charge on any atom is 0.101 e. The highest BCUT2D eigenvalue weighted by molar-refractivity contribution is 5.58. The Morgan fingerprint density at radius 3 is 3.00 bits per heavy atom. The molecule has 1 aromatic carbocycles. The zero-order valence-corrected chi connectivity index (χ0v) is 10.2. The number of benzene rings is 1. The van der Waals surface area contributed by atoms with Gasteiger partial charge in [0.05, 0.1) is 17.9 Å². The van der Waals surface area contributed by atoms with E-state index in [2.05, 4.69) is 11.4 Å². The molecule has 1 fully saturated rings. The Hall–Kier alpha value is -1.53. The van der Waals surface area contributed by atoms with Crippen LogP contribution in [-0.4, -0.2) is 19.8 Å².